The molecule has 4 heteroatoms. The summed E-state index contributed by atoms with van der Waals surface area (Å²) in [5, 5.41) is 5.50. The Hall–Kier alpha value is -2.62. The molecule has 4 nitrogen and oxygen atoms in total. The molecule has 0 spiro atoms. The predicted molar refractivity (Wildman–Crippen MR) is 87.9 cm³/mol. The van der Waals surface area contributed by atoms with Gasteiger partial charge in [-0.1, -0.05) is 29.8 Å². The Bertz CT molecular complexity index is 695. The maximum Gasteiger partial charge on any atom is 0.251 e. The maximum atomic E-state index is 12.1. The largest absolute Gasteiger partial charge is 0.341 e. The molecule has 2 rings (SSSR count). The highest BCUT2D eigenvalue weighted by atomic mass is 16.2. The molecule has 0 aliphatic rings. The summed E-state index contributed by atoms with van der Waals surface area (Å²) in [7, 11) is 0. The highest BCUT2D eigenvalue weighted by molar-refractivity contribution is 6.01. The van der Waals surface area contributed by atoms with E-state index in [2.05, 4.69) is 10.6 Å². The van der Waals surface area contributed by atoms with Crippen LogP contribution in [0.5, 0.6) is 0 Å². The number of hydrogen-bond donors (Lipinski definition) is 2. The summed E-state index contributed by atoms with van der Waals surface area (Å²) in [5.74, 6) is -0.498. The van der Waals surface area contributed by atoms with Gasteiger partial charge in [0.05, 0.1) is 0 Å². The van der Waals surface area contributed by atoms with Crippen molar-refractivity contribution in [2.45, 2.75) is 26.8 Å². The minimum absolute atomic E-state index is 0.244. The van der Waals surface area contributed by atoms with Crippen LogP contribution in [-0.4, -0.2) is 17.9 Å². The number of amides is 2. The van der Waals surface area contributed by atoms with E-state index in [-0.39, 0.29) is 11.8 Å². The molecule has 0 aliphatic carbocycles. The molecule has 114 valence electrons. The van der Waals surface area contributed by atoms with Crippen molar-refractivity contribution < 1.29 is 9.59 Å². The average Bonchev–Trinajstić information content (AvgIpc) is 2.47. The van der Waals surface area contributed by atoms with Crippen LogP contribution < -0.4 is 10.6 Å². The molecule has 0 saturated heterocycles. The van der Waals surface area contributed by atoms with Gasteiger partial charge in [0, 0.05) is 11.3 Å². The molecule has 2 aromatic carbocycles. The fourth-order valence-electron chi connectivity index (χ4n) is 2.11. The molecule has 2 aromatic rings. The van der Waals surface area contributed by atoms with E-state index in [0.717, 1.165) is 16.8 Å². The number of rotatable bonds is 4. The first-order chi connectivity index (χ1) is 10.5. The molecule has 0 aromatic heterocycles. The van der Waals surface area contributed by atoms with E-state index in [0.29, 0.717) is 5.56 Å². The number of hydrogen-bond acceptors (Lipinski definition) is 2. The van der Waals surface area contributed by atoms with Crippen LogP contribution in [0.2, 0.25) is 0 Å². The highest BCUT2D eigenvalue weighted by Crippen LogP contribution is 2.10. The van der Waals surface area contributed by atoms with Crippen LogP contribution in [0.15, 0.2) is 48.5 Å². The molecular formula is C18H20N2O2. The van der Waals surface area contributed by atoms with Gasteiger partial charge in [0.1, 0.15) is 6.04 Å². The fourth-order valence-corrected chi connectivity index (χ4v) is 2.11. The minimum Gasteiger partial charge on any atom is -0.341 e. The monoisotopic (exact) mass is 296 g/mol. The van der Waals surface area contributed by atoms with E-state index >= 15 is 0 Å². The number of carbonyl (C=O) groups is 2. The predicted octanol–water partition coefficient (Wildman–Crippen LogP) is 3.06. The number of benzene rings is 2. The SMILES string of the molecule is Cc1cccc(NC(=O)C(C)NC(=O)c2cccc(C)c2)c1. The Labute approximate surface area is 130 Å². The van der Waals surface area contributed by atoms with E-state index in [1.165, 1.54) is 0 Å². The second kappa shape index (κ2) is 6.89. The van der Waals surface area contributed by atoms with Gasteiger partial charge in [-0.25, -0.2) is 0 Å². The summed E-state index contributed by atoms with van der Waals surface area (Å²) in [4.78, 5) is 24.3. The topological polar surface area (TPSA) is 58.2 Å². The number of anilines is 1. The van der Waals surface area contributed by atoms with Gasteiger partial charge in [0.2, 0.25) is 5.91 Å². The number of carbonyl (C=O) groups excluding carboxylic acids is 2. The maximum absolute atomic E-state index is 12.1. The van der Waals surface area contributed by atoms with Crippen LogP contribution in [0, 0.1) is 13.8 Å². The van der Waals surface area contributed by atoms with Crippen LogP contribution in [0.3, 0.4) is 0 Å². The van der Waals surface area contributed by atoms with Gasteiger partial charge < -0.3 is 10.6 Å². The van der Waals surface area contributed by atoms with E-state index in [4.69, 9.17) is 0 Å². The van der Waals surface area contributed by atoms with E-state index < -0.39 is 6.04 Å². The Morgan fingerprint density at radius 1 is 0.955 bits per heavy atom. The number of nitrogens with one attached hydrogen (secondary N) is 2. The lowest BCUT2D eigenvalue weighted by molar-refractivity contribution is -0.117. The molecule has 2 amide bonds. The van der Waals surface area contributed by atoms with Gasteiger partial charge in [-0.2, -0.15) is 0 Å². The average molecular weight is 296 g/mol. The van der Waals surface area contributed by atoms with Crippen LogP contribution in [0.1, 0.15) is 28.4 Å². The molecular weight excluding hydrogens is 276 g/mol. The molecule has 2 N–H and O–H groups in total. The van der Waals surface area contributed by atoms with Gasteiger partial charge >= 0.3 is 0 Å². The van der Waals surface area contributed by atoms with Crippen molar-refractivity contribution in [2.24, 2.45) is 0 Å². The minimum atomic E-state index is -0.617. The van der Waals surface area contributed by atoms with Crippen LogP contribution in [0.4, 0.5) is 5.69 Å². The molecule has 0 radical (unpaired) electrons. The van der Waals surface area contributed by atoms with E-state index in [1.54, 1.807) is 19.1 Å². The Morgan fingerprint density at radius 3 is 2.23 bits per heavy atom. The molecule has 0 saturated carbocycles. The van der Waals surface area contributed by atoms with Crippen LogP contribution in [-0.2, 0) is 4.79 Å². The van der Waals surface area contributed by atoms with Crippen molar-refractivity contribution in [1.29, 1.82) is 0 Å². The Morgan fingerprint density at radius 2 is 1.59 bits per heavy atom. The lowest BCUT2D eigenvalue weighted by atomic mass is 10.1. The quantitative estimate of drug-likeness (QED) is 0.911. The van der Waals surface area contributed by atoms with Crippen LogP contribution >= 0.6 is 0 Å². The standard InChI is InChI=1S/C18H20N2O2/c1-12-6-4-8-15(10-12)18(22)19-14(3)17(21)20-16-9-5-7-13(2)11-16/h4-11,14H,1-3H3,(H,19,22)(H,20,21). The van der Waals surface area contributed by atoms with Gasteiger partial charge in [0.15, 0.2) is 0 Å². The lowest BCUT2D eigenvalue weighted by Gasteiger charge is -2.14. The third-order valence-corrected chi connectivity index (χ3v) is 3.31. The third-order valence-electron chi connectivity index (χ3n) is 3.31. The molecule has 1 atom stereocenters. The molecule has 22 heavy (non-hydrogen) atoms. The van der Waals surface area contributed by atoms with Gasteiger partial charge in [-0.15, -0.1) is 0 Å². The van der Waals surface area contributed by atoms with Crippen molar-refractivity contribution in [3.05, 3.63) is 65.2 Å². The lowest BCUT2D eigenvalue weighted by Crippen LogP contribution is -2.41. The molecule has 0 bridgehead atoms. The summed E-state index contributed by atoms with van der Waals surface area (Å²) in [6.07, 6.45) is 0. The smallest absolute Gasteiger partial charge is 0.251 e. The summed E-state index contributed by atoms with van der Waals surface area (Å²) < 4.78 is 0. The van der Waals surface area contributed by atoms with Gasteiger partial charge in [0.25, 0.3) is 5.91 Å². The zero-order chi connectivity index (χ0) is 16.1. The fraction of sp³-hybridized carbons (Fsp3) is 0.222. The van der Waals surface area contributed by atoms with E-state index in [9.17, 15) is 9.59 Å². The zero-order valence-electron chi connectivity index (χ0n) is 13.0. The Balaban J connectivity index is 1.98. The first-order valence-electron chi connectivity index (χ1n) is 7.21. The normalized spacial score (nSPS) is 11.6. The van der Waals surface area contributed by atoms with Gasteiger partial charge in [-0.05, 0) is 50.6 Å². The summed E-state index contributed by atoms with van der Waals surface area (Å²) in [5.41, 5.74) is 3.34. The van der Waals surface area contributed by atoms with Crippen molar-refractivity contribution in [3.8, 4) is 0 Å². The molecule has 0 aliphatic heterocycles. The first kappa shape index (κ1) is 15.8. The van der Waals surface area contributed by atoms with Crippen LogP contribution in [0.25, 0.3) is 0 Å². The summed E-state index contributed by atoms with van der Waals surface area (Å²) in [6.45, 7) is 5.54. The summed E-state index contributed by atoms with van der Waals surface area (Å²) >= 11 is 0. The second-order valence-corrected chi connectivity index (χ2v) is 5.42. The number of aryl methyl sites for hydroxylation is 2. The third kappa shape index (κ3) is 4.19. The Kier molecular flexibility index (Phi) is 4.94. The molecule has 0 heterocycles. The first-order valence-corrected chi connectivity index (χ1v) is 7.21. The van der Waals surface area contributed by atoms with Crippen molar-refractivity contribution in [3.63, 3.8) is 0 Å². The zero-order valence-corrected chi connectivity index (χ0v) is 13.0. The van der Waals surface area contributed by atoms with E-state index in [1.807, 2.05) is 50.2 Å². The highest BCUT2D eigenvalue weighted by Gasteiger charge is 2.16. The van der Waals surface area contributed by atoms with Crippen molar-refractivity contribution >= 4 is 17.5 Å². The molecule has 1 unspecified atom stereocenters. The summed E-state index contributed by atoms with van der Waals surface area (Å²) in [6, 6.07) is 14.2. The second-order valence-electron chi connectivity index (χ2n) is 5.42. The van der Waals surface area contributed by atoms with Gasteiger partial charge in [-0.3, -0.25) is 9.59 Å². The van der Waals surface area contributed by atoms with Crippen molar-refractivity contribution in [1.82, 2.24) is 5.32 Å². The molecule has 0 fully saturated rings. The van der Waals surface area contributed by atoms with Crippen molar-refractivity contribution in [2.75, 3.05) is 5.32 Å².